The fourth-order valence-corrected chi connectivity index (χ4v) is 1.24. The fraction of sp³-hybridized carbons (Fsp3) is 0.455. The van der Waals surface area contributed by atoms with Crippen molar-refractivity contribution in [2.45, 2.75) is 13.5 Å². The fourth-order valence-electron chi connectivity index (χ4n) is 1.24. The summed E-state index contributed by atoms with van der Waals surface area (Å²) >= 11 is 0. The van der Waals surface area contributed by atoms with Crippen molar-refractivity contribution in [3.05, 3.63) is 35.4 Å². The summed E-state index contributed by atoms with van der Waals surface area (Å²) in [6.45, 7) is 5.22. The van der Waals surface area contributed by atoms with Gasteiger partial charge in [-0.25, -0.2) is 8.78 Å². The molecule has 1 aromatic carbocycles. The van der Waals surface area contributed by atoms with Gasteiger partial charge in [0.25, 0.3) is 0 Å². The third-order valence-corrected chi connectivity index (χ3v) is 2.04. The van der Waals surface area contributed by atoms with Crippen LogP contribution in [0.1, 0.15) is 12.5 Å². The lowest BCUT2D eigenvalue weighted by Gasteiger charge is -2.05. The van der Waals surface area contributed by atoms with Crippen molar-refractivity contribution in [1.82, 2.24) is 10.6 Å². The van der Waals surface area contributed by atoms with E-state index in [4.69, 9.17) is 0 Å². The van der Waals surface area contributed by atoms with Crippen LogP contribution >= 0.6 is 0 Å². The lowest BCUT2D eigenvalue weighted by molar-refractivity contribution is 0.506. The van der Waals surface area contributed by atoms with Crippen molar-refractivity contribution >= 4 is 0 Å². The van der Waals surface area contributed by atoms with E-state index in [1.807, 2.05) is 6.92 Å². The van der Waals surface area contributed by atoms with Gasteiger partial charge in [0.2, 0.25) is 0 Å². The van der Waals surface area contributed by atoms with E-state index in [0.29, 0.717) is 6.54 Å². The van der Waals surface area contributed by atoms with Crippen LogP contribution in [0.2, 0.25) is 0 Å². The standard InChI is InChI=1S/C11H16F2N2/c1-2-14-5-6-15-8-9-3-4-10(12)11(13)7-9/h3-4,7,14-15H,2,5-6,8H2,1H3. The quantitative estimate of drug-likeness (QED) is 0.704. The molecule has 0 aliphatic rings. The molecule has 0 atom stereocenters. The van der Waals surface area contributed by atoms with E-state index in [9.17, 15) is 8.78 Å². The van der Waals surface area contributed by atoms with Gasteiger partial charge in [0.05, 0.1) is 0 Å². The molecule has 84 valence electrons. The van der Waals surface area contributed by atoms with E-state index in [0.717, 1.165) is 31.3 Å². The maximum absolute atomic E-state index is 12.8. The second kappa shape index (κ2) is 6.48. The third kappa shape index (κ3) is 4.36. The first kappa shape index (κ1) is 12.1. The summed E-state index contributed by atoms with van der Waals surface area (Å²) in [6, 6.07) is 3.95. The molecule has 15 heavy (non-hydrogen) atoms. The topological polar surface area (TPSA) is 24.1 Å². The molecule has 0 bridgehead atoms. The average Bonchev–Trinajstić information content (AvgIpc) is 2.23. The summed E-state index contributed by atoms with van der Waals surface area (Å²) in [5.41, 5.74) is 0.755. The molecule has 1 rings (SSSR count). The Morgan fingerprint density at radius 3 is 2.47 bits per heavy atom. The highest BCUT2D eigenvalue weighted by molar-refractivity contribution is 5.17. The smallest absolute Gasteiger partial charge is 0.159 e. The van der Waals surface area contributed by atoms with Gasteiger partial charge in [0.1, 0.15) is 0 Å². The number of likely N-dealkylation sites (N-methyl/N-ethyl adjacent to an activating group) is 1. The summed E-state index contributed by atoms with van der Waals surface area (Å²) in [7, 11) is 0. The van der Waals surface area contributed by atoms with Gasteiger partial charge in [0, 0.05) is 19.6 Å². The number of halogens is 2. The maximum Gasteiger partial charge on any atom is 0.159 e. The Morgan fingerprint density at radius 2 is 1.80 bits per heavy atom. The molecule has 0 aromatic heterocycles. The Morgan fingerprint density at radius 1 is 1.07 bits per heavy atom. The highest BCUT2D eigenvalue weighted by Gasteiger charge is 2.01. The molecular formula is C11H16F2N2. The van der Waals surface area contributed by atoms with E-state index in [-0.39, 0.29) is 0 Å². The van der Waals surface area contributed by atoms with Crippen LogP contribution in [0, 0.1) is 11.6 Å². The molecule has 0 amide bonds. The van der Waals surface area contributed by atoms with Gasteiger partial charge in [-0.05, 0) is 24.2 Å². The molecule has 0 saturated heterocycles. The molecule has 0 aliphatic heterocycles. The molecule has 0 spiro atoms. The van der Waals surface area contributed by atoms with Crippen LogP contribution in [0.25, 0.3) is 0 Å². The summed E-state index contributed by atoms with van der Waals surface area (Å²) in [5.74, 6) is -1.59. The first-order valence-electron chi connectivity index (χ1n) is 5.09. The zero-order valence-electron chi connectivity index (χ0n) is 8.82. The summed E-state index contributed by atoms with van der Waals surface area (Å²) in [6.07, 6.45) is 0. The van der Waals surface area contributed by atoms with Crippen LogP contribution < -0.4 is 10.6 Å². The molecular weight excluding hydrogens is 198 g/mol. The first-order valence-corrected chi connectivity index (χ1v) is 5.09. The second-order valence-electron chi connectivity index (χ2n) is 3.28. The number of nitrogens with one attached hydrogen (secondary N) is 2. The minimum Gasteiger partial charge on any atom is -0.316 e. The zero-order chi connectivity index (χ0) is 11.1. The Balaban J connectivity index is 2.28. The van der Waals surface area contributed by atoms with Gasteiger partial charge in [0.15, 0.2) is 11.6 Å². The molecule has 4 heteroatoms. The normalized spacial score (nSPS) is 10.6. The van der Waals surface area contributed by atoms with Crippen molar-refractivity contribution in [2.24, 2.45) is 0 Å². The Kier molecular flexibility index (Phi) is 5.21. The second-order valence-corrected chi connectivity index (χ2v) is 3.28. The molecule has 0 aliphatic carbocycles. The van der Waals surface area contributed by atoms with Gasteiger partial charge in [-0.3, -0.25) is 0 Å². The van der Waals surface area contributed by atoms with E-state index >= 15 is 0 Å². The predicted octanol–water partition coefficient (Wildman–Crippen LogP) is 1.66. The summed E-state index contributed by atoms with van der Waals surface area (Å²) in [4.78, 5) is 0. The Bertz CT molecular complexity index is 303. The number of hydrogen-bond acceptors (Lipinski definition) is 2. The highest BCUT2D eigenvalue weighted by atomic mass is 19.2. The molecule has 2 nitrogen and oxygen atoms in total. The SMILES string of the molecule is CCNCCNCc1ccc(F)c(F)c1. The van der Waals surface area contributed by atoms with Crippen LogP contribution in [0.15, 0.2) is 18.2 Å². The number of benzene rings is 1. The van der Waals surface area contributed by atoms with Gasteiger partial charge >= 0.3 is 0 Å². The Hall–Kier alpha value is -1.00. The minimum atomic E-state index is -0.800. The Labute approximate surface area is 88.7 Å². The van der Waals surface area contributed by atoms with E-state index < -0.39 is 11.6 Å². The zero-order valence-corrected chi connectivity index (χ0v) is 8.82. The number of rotatable bonds is 6. The molecule has 0 heterocycles. The van der Waals surface area contributed by atoms with Crippen LogP contribution in [-0.2, 0) is 6.54 Å². The largest absolute Gasteiger partial charge is 0.316 e. The lowest BCUT2D eigenvalue weighted by atomic mass is 10.2. The van der Waals surface area contributed by atoms with Gasteiger partial charge in [-0.15, -0.1) is 0 Å². The molecule has 0 unspecified atom stereocenters. The third-order valence-electron chi connectivity index (χ3n) is 2.04. The molecule has 0 saturated carbocycles. The van der Waals surface area contributed by atoms with Crippen molar-refractivity contribution in [3.8, 4) is 0 Å². The maximum atomic E-state index is 12.8. The van der Waals surface area contributed by atoms with Crippen molar-refractivity contribution in [2.75, 3.05) is 19.6 Å². The number of hydrogen-bond donors (Lipinski definition) is 2. The molecule has 0 fully saturated rings. The van der Waals surface area contributed by atoms with Gasteiger partial charge in [-0.2, -0.15) is 0 Å². The van der Waals surface area contributed by atoms with Gasteiger partial charge in [-0.1, -0.05) is 13.0 Å². The van der Waals surface area contributed by atoms with Crippen molar-refractivity contribution in [1.29, 1.82) is 0 Å². The molecule has 1 aromatic rings. The monoisotopic (exact) mass is 214 g/mol. The molecule has 0 radical (unpaired) electrons. The lowest BCUT2D eigenvalue weighted by Crippen LogP contribution is -2.26. The summed E-state index contributed by atoms with van der Waals surface area (Å²) in [5, 5.41) is 6.29. The predicted molar refractivity (Wildman–Crippen MR) is 56.6 cm³/mol. The van der Waals surface area contributed by atoms with Crippen LogP contribution in [-0.4, -0.2) is 19.6 Å². The van der Waals surface area contributed by atoms with Gasteiger partial charge < -0.3 is 10.6 Å². The van der Waals surface area contributed by atoms with E-state index in [1.54, 1.807) is 6.07 Å². The summed E-state index contributed by atoms with van der Waals surface area (Å²) < 4.78 is 25.4. The first-order chi connectivity index (χ1) is 7.24. The van der Waals surface area contributed by atoms with E-state index in [2.05, 4.69) is 10.6 Å². The van der Waals surface area contributed by atoms with Crippen molar-refractivity contribution in [3.63, 3.8) is 0 Å². The highest BCUT2D eigenvalue weighted by Crippen LogP contribution is 2.07. The van der Waals surface area contributed by atoms with Crippen LogP contribution in [0.3, 0.4) is 0 Å². The van der Waals surface area contributed by atoms with Crippen molar-refractivity contribution < 1.29 is 8.78 Å². The van der Waals surface area contributed by atoms with E-state index in [1.165, 1.54) is 6.07 Å². The van der Waals surface area contributed by atoms with Crippen LogP contribution in [0.5, 0.6) is 0 Å². The average molecular weight is 214 g/mol. The molecule has 2 N–H and O–H groups in total. The van der Waals surface area contributed by atoms with Crippen LogP contribution in [0.4, 0.5) is 8.78 Å². The minimum absolute atomic E-state index is 0.558.